The van der Waals surface area contributed by atoms with Crippen LogP contribution in [-0.4, -0.2) is 39.6 Å². The number of aliphatic carboxylic acids is 1. The number of hydrogen-bond acceptors (Lipinski definition) is 4. The van der Waals surface area contributed by atoms with Gasteiger partial charge in [-0.15, -0.1) is 0 Å². The summed E-state index contributed by atoms with van der Waals surface area (Å²) in [6.45, 7) is 1.14. The minimum absolute atomic E-state index is 0.259. The van der Waals surface area contributed by atoms with Gasteiger partial charge < -0.3 is 25.0 Å². The average molecular weight is 638 g/mol. The van der Waals surface area contributed by atoms with E-state index in [0.29, 0.717) is 53.7 Å². The number of carboxylic acid groups (broad SMARTS) is 1. The number of benzene rings is 3. The SMILES string of the molecule is O=C(O)C=Cc1ccc(NC(=O)C2(NC(=O)c3ccc4c(C5CCCCC5)c5n(c4c3)CCOc3cc(Cl)ccc3-5)CCC2)cc1. The molecule has 2 saturated carbocycles. The number of halogens is 1. The molecule has 3 aromatic carbocycles. The molecule has 8 nitrogen and oxygen atoms in total. The highest BCUT2D eigenvalue weighted by Crippen LogP contribution is 2.47. The standard InChI is InChI=1S/C37H36ClN3O5/c38-26-11-15-29-31(22-26)46-20-19-41-30-21-25(10-14-28(30)33(34(29)41)24-5-2-1-3-6-24)35(44)40-37(17-4-18-37)36(45)39-27-12-7-23(8-13-27)9-16-32(42)43/h7-16,21-22,24H,1-6,17-20H2,(H,39,45)(H,40,44)(H,42,43). The first-order valence-electron chi connectivity index (χ1n) is 16.1. The Labute approximate surface area is 272 Å². The smallest absolute Gasteiger partial charge is 0.328 e. The maximum absolute atomic E-state index is 13.8. The normalized spacial score (nSPS) is 17.3. The zero-order chi connectivity index (χ0) is 31.8. The molecular weight excluding hydrogens is 602 g/mol. The van der Waals surface area contributed by atoms with Crippen LogP contribution in [0.15, 0.2) is 66.7 Å². The highest BCUT2D eigenvalue weighted by atomic mass is 35.5. The number of ether oxygens (including phenoxy) is 1. The van der Waals surface area contributed by atoms with Crippen molar-refractivity contribution in [2.75, 3.05) is 11.9 Å². The van der Waals surface area contributed by atoms with E-state index in [9.17, 15) is 14.4 Å². The van der Waals surface area contributed by atoms with Crippen molar-refractivity contribution in [2.45, 2.75) is 69.4 Å². The number of rotatable bonds is 7. The Morgan fingerprint density at radius 2 is 1.74 bits per heavy atom. The van der Waals surface area contributed by atoms with Crippen LogP contribution >= 0.6 is 11.6 Å². The summed E-state index contributed by atoms with van der Waals surface area (Å²) in [4.78, 5) is 38.1. The fraction of sp³-hybridized carbons (Fsp3) is 0.324. The first kappa shape index (κ1) is 30.1. The number of fused-ring (bicyclic) bond motifs is 5. The Morgan fingerprint density at radius 1 is 0.957 bits per heavy atom. The van der Waals surface area contributed by atoms with E-state index < -0.39 is 11.5 Å². The molecule has 3 N–H and O–H groups in total. The molecule has 1 aliphatic heterocycles. The predicted molar refractivity (Wildman–Crippen MR) is 179 cm³/mol. The molecule has 0 spiro atoms. The van der Waals surface area contributed by atoms with Crippen LogP contribution in [-0.2, 0) is 16.1 Å². The summed E-state index contributed by atoms with van der Waals surface area (Å²) in [7, 11) is 0. The highest BCUT2D eigenvalue weighted by molar-refractivity contribution is 6.30. The lowest BCUT2D eigenvalue weighted by Gasteiger charge is -2.40. The maximum Gasteiger partial charge on any atom is 0.328 e. The molecule has 0 unspecified atom stereocenters. The second-order valence-corrected chi connectivity index (χ2v) is 13.0. The van der Waals surface area contributed by atoms with Crippen LogP contribution in [0.1, 0.15) is 78.8 Å². The first-order chi connectivity index (χ1) is 22.3. The number of nitrogens with zero attached hydrogens (tertiary/aromatic N) is 1. The van der Waals surface area contributed by atoms with Crippen molar-refractivity contribution in [1.29, 1.82) is 0 Å². The van der Waals surface area contributed by atoms with Gasteiger partial charge in [-0.1, -0.05) is 49.1 Å². The number of aromatic nitrogens is 1. The van der Waals surface area contributed by atoms with Gasteiger partial charge in [0.2, 0.25) is 5.91 Å². The molecule has 2 aliphatic carbocycles. The van der Waals surface area contributed by atoms with E-state index in [1.807, 2.05) is 30.3 Å². The molecule has 9 heteroatoms. The molecule has 3 aliphatic rings. The van der Waals surface area contributed by atoms with E-state index in [1.54, 1.807) is 24.3 Å². The lowest BCUT2D eigenvalue weighted by molar-refractivity contribution is -0.131. The van der Waals surface area contributed by atoms with Crippen LogP contribution in [0.3, 0.4) is 0 Å². The van der Waals surface area contributed by atoms with E-state index in [2.05, 4.69) is 21.3 Å². The molecule has 0 radical (unpaired) electrons. The van der Waals surface area contributed by atoms with Gasteiger partial charge in [-0.2, -0.15) is 0 Å². The molecular formula is C37H36ClN3O5. The maximum atomic E-state index is 13.8. The fourth-order valence-corrected chi connectivity index (χ4v) is 7.39. The number of amides is 2. The van der Waals surface area contributed by atoms with Gasteiger partial charge in [-0.25, -0.2) is 4.79 Å². The molecule has 2 fully saturated rings. The molecule has 236 valence electrons. The van der Waals surface area contributed by atoms with Crippen LogP contribution in [0.5, 0.6) is 5.75 Å². The highest BCUT2D eigenvalue weighted by Gasteiger charge is 2.45. The summed E-state index contributed by atoms with van der Waals surface area (Å²) >= 11 is 6.36. The second-order valence-electron chi connectivity index (χ2n) is 12.6. The molecule has 4 aromatic rings. The van der Waals surface area contributed by atoms with Crippen LogP contribution in [0.2, 0.25) is 5.02 Å². The molecule has 7 rings (SSSR count). The zero-order valence-electron chi connectivity index (χ0n) is 25.5. The van der Waals surface area contributed by atoms with E-state index in [4.69, 9.17) is 21.4 Å². The van der Waals surface area contributed by atoms with E-state index in [0.717, 1.165) is 47.9 Å². The van der Waals surface area contributed by atoms with Gasteiger partial charge in [0.1, 0.15) is 17.9 Å². The fourth-order valence-electron chi connectivity index (χ4n) is 7.23. The zero-order valence-corrected chi connectivity index (χ0v) is 26.2. The van der Waals surface area contributed by atoms with Gasteiger partial charge in [0.15, 0.2) is 0 Å². The van der Waals surface area contributed by atoms with Crippen LogP contribution < -0.4 is 15.4 Å². The Morgan fingerprint density at radius 3 is 2.46 bits per heavy atom. The van der Waals surface area contributed by atoms with Gasteiger partial charge in [0, 0.05) is 38.8 Å². The number of anilines is 1. The molecule has 46 heavy (non-hydrogen) atoms. The van der Waals surface area contributed by atoms with Crippen molar-refractivity contribution in [2.24, 2.45) is 0 Å². The Kier molecular flexibility index (Phi) is 8.07. The minimum Gasteiger partial charge on any atom is -0.491 e. The summed E-state index contributed by atoms with van der Waals surface area (Å²) in [6, 6.07) is 18.7. The van der Waals surface area contributed by atoms with E-state index in [-0.39, 0.29) is 11.8 Å². The van der Waals surface area contributed by atoms with Crippen LogP contribution in [0.4, 0.5) is 5.69 Å². The number of carboxylic acids is 1. The topological polar surface area (TPSA) is 110 Å². The summed E-state index contributed by atoms with van der Waals surface area (Å²) < 4.78 is 8.48. The largest absolute Gasteiger partial charge is 0.491 e. The molecule has 0 atom stereocenters. The third-order valence-corrected chi connectivity index (χ3v) is 9.97. The summed E-state index contributed by atoms with van der Waals surface area (Å²) in [6.07, 6.45) is 10.4. The van der Waals surface area contributed by atoms with Crippen molar-refractivity contribution in [3.05, 3.63) is 88.5 Å². The lowest BCUT2D eigenvalue weighted by Crippen LogP contribution is -2.61. The van der Waals surface area contributed by atoms with Crippen LogP contribution in [0, 0.1) is 0 Å². The third-order valence-electron chi connectivity index (χ3n) is 9.73. The Bertz CT molecular complexity index is 1870. The third kappa shape index (κ3) is 5.66. The number of hydrogen-bond donors (Lipinski definition) is 3. The minimum atomic E-state index is -1.03. The van der Waals surface area contributed by atoms with Gasteiger partial charge in [-0.3, -0.25) is 9.59 Å². The van der Waals surface area contributed by atoms with Gasteiger partial charge in [0.25, 0.3) is 5.91 Å². The molecule has 2 heterocycles. The molecule has 0 bridgehead atoms. The first-order valence-corrected chi connectivity index (χ1v) is 16.4. The Hall–Kier alpha value is -4.56. The summed E-state index contributed by atoms with van der Waals surface area (Å²) in [5.74, 6) is -0.351. The van der Waals surface area contributed by atoms with E-state index in [1.165, 1.54) is 36.3 Å². The van der Waals surface area contributed by atoms with Crippen molar-refractivity contribution in [3.8, 4) is 17.0 Å². The lowest BCUT2D eigenvalue weighted by atomic mass is 9.75. The number of carbonyl (C=O) groups excluding carboxylic acids is 2. The summed E-state index contributed by atoms with van der Waals surface area (Å²) in [5.41, 5.74) is 5.31. The predicted octanol–water partition coefficient (Wildman–Crippen LogP) is 7.79. The van der Waals surface area contributed by atoms with Crippen molar-refractivity contribution in [1.82, 2.24) is 9.88 Å². The molecule has 2 amide bonds. The van der Waals surface area contributed by atoms with Gasteiger partial charge >= 0.3 is 5.97 Å². The molecule has 1 aromatic heterocycles. The monoisotopic (exact) mass is 637 g/mol. The average Bonchev–Trinajstić information content (AvgIpc) is 3.24. The van der Waals surface area contributed by atoms with Crippen molar-refractivity contribution < 1.29 is 24.2 Å². The second kappa shape index (κ2) is 12.3. The van der Waals surface area contributed by atoms with Gasteiger partial charge in [-0.05, 0) is 97.7 Å². The van der Waals surface area contributed by atoms with Crippen molar-refractivity contribution >= 4 is 52.1 Å². The van der Waals surface area contributed by atoms with E-state index >= 15 is 0 Å². The quantitative estimate of drug-likeness (QED) is 0.179. The van der Waals surface area contributed by atoms with Crippen molar-refractivity contribution in [3.63, 3.8) is 0 Å². The number of nitrogens with one attached hydrogen (secondary N) is 2. The Balaban J connectivity index is 1.19. The summed E-state index contributed by atoms with van der Waals surface area (Å²) in [5, 5.41) is 16.7. The number of carbonyl (C=O) groups is 3. The van der Waals surface area contributed by atoms with Gasteiger partial charge in [0.05, 0.1) is 12.2 Å². The molecule has 0 saturated heterocycles. The van der Waals surface area contributed by atoms with Crippen LogP contribution in [0.25, 0.3) is 28.2 Å².